The van der Waals surface area contributed by atoms with Crippen LogP contribution in [0.4, 0.5) is 0 Å². The van der Waals surface area contributed by atoms with Crippen molar-refractivity contribution in [3.63, 3.8) is 0 Å². The minimum Gasteiger partial charge on any atom is -0.501 e. The minimum absolute atomic E-state index is 0.0751. The highest BCUT2D eigenvalue weighted by molar-refractivity contribution is 9.09. The zero-order chi connectivity index (χ0) is 11.2. The number of carbonyl (C=O) groups is 1. The number of ether oxygens (including phenoxy) is 1. The molecule has 3 rings (SSSR count). The second kappa shape index (κ2) is 3.48. The fourth-order valence-electron chi connectivity index (χ4n) is 2.52. The molecule has 0 aromatic heterocycles. The zero-order valence-corrected chi connectivity index (χ0v) is 10.3. The first kappa shape index (κ1) is 10.1. The fraction of sp³-hybridized carbons (Fsp3) is 0.417. The van der Waals surface area contributed by atoms with E-state index < -0.39 is 5.41 Å². The van der Waals surface area contributed by atoms with E-state index in [4.69, 9.17) is 4.74 Å². The first-order valence-electron chi connectivity index (χ1n) is 5.40. The van der Waals surface area contributed by atoms with Crippen LogP contribution in [0.3, 0.4) is 0 Å². The molecule has 2 heterocycles. The van der Waals surface area contributed by atoms with Crippen LogP contribution in [0.25, 0.3) is 0 Å². The first-order valence-corrected chi connectivity index (χ1v) is 6.32. The summed E-state index contributed by atoms with van der Waals surface area (Å²) >= 11 is 3.54. The van der Waals surface area contributed by atoms with Gasteiger partial charge in [-0.25, -0.2) is 0 Å². The van der Waals surface area contributed by atoms with Crippen molar-refractivity contribution in [2.75, 3.05) is 6.61 Å². The predicted octanol–water partition coefficient (Wildman–Crippen LogP) is 2.01. The van der Waals surface area contributed by atoms with Gasteiger partial charge in [-0.1, -0.05) is 22.0 Å². The Bertz CT molecular complexity index is 438. The van der Waals surface area contributed by atoms with Crippen molar-refractivity contribution in [3.8, 4) is 0 Å². The molecule has 0 aromatic carbocycles. The zero-order valence-electron chi connectivity index (χ0n) is 8.70. The lowest BCUT2D eigenvalue weighted by Gasteiger charge is -2.28. The molecule has 1 fully saturated rings. The minimum atomic E-state index is -0.475. The van der Waals surface area contributed by atoms with Crippen LogP contribution in [0.5, 0.6) is 0 Å². The summed E-state index contributed by atoms with van der Waals surface area (Å²) in [5.41, 5.74) is 1.61. The van der Waals surface area contributed by atoms with E-state index in [1.807, 2.05) is 6.08 Å². The molecule has 1 spiro atoms. The lowest BCUT2D eigenvalue weighted by Crippen LogP contribution is -2.33. The average molecular weight is 282 g/mol. The van der Waals surface area contributed by atoms with Gasteiger partial charge in [0.1, 0.15) is 5.41 Å². The molecule has 1 N–H and O–H groups in total. The van der Waals surface area contributed by atoms with Crippen LogP contribution in [0, 0.1) is 5.41 Å². The third-order valence-corrected chi connectivity index (χ3v) is 4.02. The third-order valence-electron chi connectivity index (χ3n) is 3.38. The van der Waals surface area contributed by atoms with Gasteiger partial charge >= 0.3 is 0 Å². The van der Waals surface area contributed by atoms with Crippen LogP contribution in [0.1, 0.15) is 12.8 Å². The number of allylic oxidation sites excluding steroid dienone is 3. The van der Waals surface area contributed by atoms with Gasteiger partial charge in [-0.3, -0.25) is 4.79 Å². The van der Waals surface area contributed by atoms with Gasteiger partial charge in [0, 0.05) is 16.9 Å². The highest BCUT2D eigenvalue weighted by Gasteiger charge is 2.48. The second-order valence-electron chi connectivity index (χ2n) is 4.30. The number of hydrogen-bond acceptors (Lipinski definition) is 2. The van der Waals surface area contributed by atoms with Gasteiger partial charge < -0.3 is 10.1 Å². The molecule has 4 heteroatoms. The number of hydrogen-bond donors (Lipinski definition) is 1. The average Bonchev–Trinajstić information content (AvgIpc) is 2.53. The van der Waals surface area contributed by atoms with E-state index in [0.717, 1.165) is 24.1 Å². The van der Waals surface area contributed by atoms with Crippen molar-refractivity contribution in [1.82, 2.24) is 5.32 Å². The highest BCUT2D eigenvalue weighted by atomic mass is 79.9. The predicted molar refractivity (Wildman–Crippen MR) is 63.8 cm³/mol. The topological polar surface area (TPSA) is 38.3 Å². The molecule has 1 aliphatic carbocycles. The molecule has 16 heavy (non-hydrogen) atoms. The summed E-state index contributed by atoms with van der Waals surface area (Å²) in [6.45, 7) is 0.603. The molecule has 1 saturated heterocycles. The van der Waals surface area contributed by atoms with Gasteiger partial charge in [-0.05, 0) is 24.1 Å². The summed E-state index contributed by atoms with van der Waals surface area (Å²) in [6.07, 6.45) is 9.42. The van der Waals surface area contributed by atoms with Crippen LogP contribution in [0.15, 0.2) is 35.8 Å². The summed E-state index contributed by atoms with van der Waals surface area (Å²) in [4.78, 5) is 12.4. The van der Waals surface area contributed by atoms with Crippen molar-refractivity contribution in [2.45, 2.75) is 17.7 Å². The largest absolute Gasteiger partial charge is 0.501 e. The molecule has 0 radical (unpaired) electrons. The van der Waals surface area contributed by atoms with Crippen molar-refractivity contribution >= 4 is 21.8 Å². The van der Waals surface area contributed by atoms with Crippen LogP contribution in [-0.4, -0.2) is 17.3 Å². The molecule has 1 amide bonds. The number of carbonyl (C=O) groups excluding carboxylic acids is 1. The monoisotopic (exact) mass is 281 g/mol. The molecule has 84 valence electrons. The maximum atomic E-state index is 12.1. The van der Waals surface area contributed by atoms with Gasteiger partial charge in [0.05, 0.1) is 12.9 Å². The molecule has 3 aliphatic rings. The standard InChI is InChI=1S/C12H12BrNO2/c13-8-1-2-9-10(7-8)14-11(15)12(9)3-5-16-6-4-12/h2-3,5,7-8H,1,4,6H2,(H,14,15). The number of rotatable bonds is 0. The summed E-state index contributed by atoms with van der Waals surface area (Å²) in [5, 5.41) is 2.96. The molecule has 2 aliphatic heterocycles. The maximum Gasteiger partial charge on any atom is 0.239 e. The summed E-state index contributed by atoms with van der Waals surface area (Å²) in [5.74, 6) is 0.0751. The van der Waals surface area contributed by atoms with Crippen LogP contribution in [0.2, 0.25) is 0 Å². The second-order valence-corrected chi connectivity index (χ2v) is 5.48. The van der Waals surface area contributed by atoms with Crippen LogP contribution in [-0.2, 0) is 9.53 Å². The van der Waals surface area contributed by atoms with Crippen molar-refractivity contribution in [2.24, 2.45) is 5.41 Å². The highest BCUT2D eigenvalue weighted by Crippen LogP contribution is 2.46. The van der Waals surface area contributed by atoms with Gasteiger partial charge in [-0.15, -0.1) is 0 Å². The van der Waals surface area contributed by atoms with E-state index in [2.05, 4.69) is 33.4 Å². The first-order chi connectivity index (χ1) is 7.72. The van der Waals surface area contributed by atoms with Crippen LogP contribution >= 0.6 is 15.9 Å². The Morgan fingerprint density at radius 2 is 2.44 bits per heavy atom. The lowest BCUT2D eigenvalue weighted by atomic mass is 9.76. The van der Waals surface area contributed by atoms with Crippen molar-refractivity contribution < 1.29 is 9.53 Å². The van der Waals surface area contributed by atoms with E-state index in [0.29, 0.717) is 11.4 Å². The molecular weight excluding hydrogens is 270 g/mol. The number of nitrogens with one attached hydrogen (secondary N) is 1. The van der Waals surface area contributed by atoms with Gasteiger partial charge in [-0.2, -0.15) is 0 Å². The molecule has 3 nitrogen and oxygen atoms in total. The Kier molecular flexibility index (Phi) is 2.21. The smallest absolute Gasteiger partial charge is 0.239 e. The molecule has 0 aromatic rings. The SMILES string of the molecule is O=C1NC2=CC(Br)CC=C2C12C=COCC2. The summed E-state index contributed by atoms with van der Waals surface area (Å²) in [7, 11) is 0. The molecule has 0 saturated carbocycles. The van der Waals surface area contributed by atoms with E-state index in [1.165, 1.54) is 0 Å². The van der Waals surface area contributed by atoms with Crippen LogP contribution < -0.4 is 5.32 Å². The number of fused-ring (bicyclic) bond motifs is 2. The molecule has 2 atom stereocenters. The molecule has 2 unspecified atom stereocenters. The van der Waals surface area contributed by atoms with E-state index in [-0.39, 0.29) is 5.91 Å². The van der Waals surface area contributed by atoms with Gasteiger partial charge in [0.25, 0.3) is 0 Å². The fourth-order valence-corrected chi connectivity index (χ4v) is 2.97. The van der Waals surface area contributed by atoms with Gasteiger partial charge in [0.15, 0.2) is 0 Å². The number of alkyl halides is 1. The number of halogens is 1. The molecular formula is C12H12BrNO2. The quantitative estimate of drug-likeness (QED) is 0.690. The normalized spacial score (nSPS) is 36.3. The Morgan fingerprint density at radius 1 is 1.56 bits per heavy atom. The lowest BCUT2D eigenvalue weighted by molar-refractivity contribution is -0.125. The van der Waals surface area contributed by atoms with Crippen molar-refractivity contribution in [3.05, 3.63) is 35.8 Å². The summed E-state index contributed by atoms with van der Waals surface area (Å²) in [6, 6.07) is 0. The van der Waals surface area contributed by atoms with E-state index in [9.17, 15) is 4.79 Å². The van der Waals surface area contributed by atoms with Crippen molar-refractivity contribution in [1.29, 1.82) is 0 Å². The Hall–Kier alpha value is -1.03. The Labute approximate surface area is 102 Å². The maximum absolute atomic E-state index is 12.1. The molecule has 0 bridgehead atoms. The Balaban J connectivity index is 2.08. The Morgan fingerprint density at radius 3 is 3.19 bits per heavy atom. The summed E-state index contributed by atoms with van der Waals surface area (Å²) < 4.78 is 5.19. The van der Waals surface area contributed by atoms with E-state index >= 15 is 0 Å². The van der Waals surface area contributed by atoms with E-state index in [1.54, 1.807) is 6.26 Å². The van der Waals surface area contributed by atoms with Gasteiger partial charge in [0.2, 0.25) is 5.91 Å². The third kappa shape index (κ3) is 1.29. The number of amides is 1.